The van der Waals surface area contributed by atoms with Gasteiger partial charge in [0, 0.05) is 5.41 Å². The Kier molecular flexibility index (Phi) is 4.23. The molecule has 0 aromatic carbocycles. The van der Waals surface area contributed by atoms with E-state index in [4.69, 9.17) is 9.47 Å². The monoisotopic (exact) mass is 332 g/mol. The van der Waals surface area contributed by atoms with Crippen molar-refractivity contribution in [3.05, 3.63) is 23.8 Å². The smallest absolute Gasteiger partial charge is 0.308 e. The molecule has 3 heteroatoms. The molecule has 0 bridgehead atoms. The summed E-state index contributed by atoms with van der Waals surface area (Å²) >= 11 is 0. The normalized spacial score (nSPS) is 45.0. The van der Waals surface area contributed by atoms with E-state index < -0.39 is 5.60 Å². The molecule has 5 atom stereocenters. The molecule has 1 saturated carbocycles. The predicted molar refractivity (Wildman–Crippen MR) is 95.6 cm³/mol. The zero-order valence-electron chi connectivity index (χ0n) is 15.9. The van der Waals surface area contributed by atoms with Crippen LogP contribution in [-0.2, 0) is 14.3 Å². The summed E-state index contributed by atoms with van der Waals surface area (Å²) in [5, 5.41) is 0. The lowest BCUT2D eigenvalue weighted by Crippen LogP contribution is -2.57. The third kappa shape index (κ3) is 2.39. The summed E-state index contributed by atoms with van der Waals surface area (Å²) in [4.78, 5) is 11.9. The van der Waals surface area contributed by atoms with Gasteiger partial charge in [-0.2, -0.15) is 0 Å². The zero-order chi connectivity index (χ0) is 17.8. The average Bonchev–Trinajstić information content (AvgIpc) is 2.88. The number of ether oxygens (including phenoxy) is 2. The molecule has 2 aliphatic carbocycles. The van der Waals surface area contributed by atoms with Crippen molar-refractivity contribution in [2.45, 2.75) is 77.4 Å². The highest BCUT2D eigenvalue weighted by Crippen LogP contribution is 2.64. The maximum absolute atomic E-state index is 11.9. The van der Waals surface area contributed by atoms with Crippen LogP contribution in [0, 0.1) is 17.3 Å². The zero-order valence-corrected chi connectivity index (χ0v) is 15.9. The Morgan fingerprint density at radius 1 is 1.38 bits per heavy atom. The van der Waals surface area contributed by atoms with Gasteiger partial charge in [-0.15, -0.1) is 0 Å². The summed E-state index contributed by atoms with van der Waals surface area (Å²) in [6.45, 7) is 13.4. The molecule has 0 unspecified atom stereocenters. The van der Waals surface area contributed by atoms with Gasteiger partial charge in [-0.25, -0.2) is 0 Å². The quantitative estimate of drug-likeness (QED) is 0.537. The van der Waals surface area contributed by atoms with E-state index in [2.05, 4.69) is 40.3 Å². The lowest BCUT2D eigenvalue weighted by atomic mass is 9.50. The van der Waals surface area contributed by atoms with Gasteiger partial charge in [0.25, 0.3) is 0 Å². The van der Waals surface area contributed by atoms with Crippen LogP contribution in [0.1, 0.15) is 66.2 Å². The minimum atomic E-state index is -0.433. The van der Waals surface area contributed by atoms with Crippen LogP contribution in [0.25, 0.3) is 0 Å². The molecule has 1 aliphatic heterocycles. The Morgan fingerprint density at radius 2 is 2.08 bits per heavy atom. The Hall–Kier alpha value is -1.09. The molecule has 0 aromatic heterocycles. The lowest BCUT2D eigenvalue weighted by molar-refractivity contribution is -0.174. The Labute approximate surface area is 146 Å². The van der Waals surface area contributed by atoms with Gasteiger partial charge in [-0.05, 0) is 63.4 Å². The first-order valence-corrected chi connectivity index (χ1v) is 9.30. The first kappa shape index (κ1) is 17.7. The number of carbonyl (C=O) groups excluding carboxylic acids is 1. The molecule has 0 aromatic rings. The molecule has 0 radical (unpaired) electrons. The van der Waals surface area contributed by atoms with Crippen molar-refractivity contribution in [1.82, 2.24) is 0 Å². The maximum atomic E-state index is 11.9. The van der Waals surface area contributed by atoms with Gasteiger partial charge in [0.2, 0.25) is 0 Å². The van der Waals surface area contributed by atoms with Crippen molar-refractivity contribution < 1.29 is 14.3 Å². The molecule has 3 aliphatic rings. The predicted octanol–water partition coefficient (Wildman–Crippen LogP) is 4.82. The highest BCUT2D eigenvalue weighted by atomic mass is 16.5. The van der Waals surface area contributed by atoms with Crippen molar-refractivity contribution in [2.75, 3.05) is 7.11 Å². The van der Waals surface area contributed by atoms with Crippen LogP contribution in [0.2, 0.25) is 0 Å². The van der Waals surface area contributed by atoms with E-state index in [0.29, 0.717) is 18.3 Å². The van der Waals surface area contributed by atoms with Gasteiger partial charge in [-0.3, -0.25) is 4.79 Å². The van der Waals surface area contributed by atoms with E-state index in [0.717, 1.165) is 25.7 Å². The minimum absolute atomic E-state index is 0.0727. The van der Waals surface area contributed by atoms with Crippen LogP contribution in [-0.4, -0.2) is 24.3 Å². The van der Waals surface area contributed by atoms with Gasteiger partial charge in [0.15, 0.2) is 0 Å². The van der Waals surface area contributed by atoms with E-state index in [1.165, 1.54) is 24.7 Å². The van der Waals surface area contributed by atoms with Gasteiger partial charge in [-0.1, -0.05) is 32.1 Å². The van der Waals surface area contributed by atoms with Gasteiger partial charge in [0.1, 0.15) is 0 Å². The number of esters is 1. The summed E-state index contributed by atoms with van der Waals surface area (Å²) in [6, 6.07) is 0. The number of allylic oxidation sites excluding steroid dienone is 2. The number of rotatable bonds is 2. The molecule has 0 N–H and O–H groups in total. The highest BCUT2D eigenvalue weighted by molar-refractivity contribution is 5.70. The third-order valence-electron chi connectivity index (χ3n) is 7.34. The topological polar surface area (TPSA) is 35.5 Å². The minimum Gasteiger partial charge on any atom is -0.469 e. The molecule has 1 saturated heterocycles. The first-order valence-electron chi connectivity index (χ1n) is 9.30. The molecule has 1 heterocycles. The number of fused-ring (bicyclic) bond motifs is 2. The van der Waals surface area contributed by atoms with Gasteiger partial charge >= 0.3 is 5.97 Å². The number of methoxy groups -OCH3 is 1. The fraction of sp³-hybridized carbons (Fsp3) is 0.762. The standard InChI is InChI=1S/C21H32O3/c1-14-9-10-20(5)17(16(14)3)8-7-15(2)21(20)12-11-19(4,24-21)13-18(22)23-6/h7,14,17H,3,8-13H2,1-2,4-6H3/t14-,17+,19+,20+,21-/m1/s1. The molecular formula is C21H32O3. The third-order valence-corrected chi connectivity index (χ3v) is 7.34. The Bertz CT molecular complexity index is 592. The first-order chi connectivity index (χ1) is 11.2. The molecule has 1 spiro atoms. The van der Waals surface area contributed by atoms with E-state index in [9.17, 15) is 4.79 Å². The fourth-order valence-electron chi connectivity index (χ4n) is 5.58. The van der Waals surface area contributed by atoms with Crippen LogP contribution in [0.5, 0.6) is 0 Å². The summed E-state index contributed by atoms with van der Waals surface area (Å²) < 4.78 is 11.7. The van der Waals surface area contributed by atoms with Gasteiger partial charge < -0.3 is 9.47 Å². The molecule has 134 valence electrons. The van der Waals surface area contributed by atoms with Crippen molar-refractivity contribution in [2.24, 2.45) is 17.3 Å². The second-order valence-electron chi connectivity index (χ2n) is 8.74. The Balaban J connectivity index is 1.97. The molecule has 0 amide bonds. The van der Waals surface area contributed by atoms with E-state index >= 15 is 0 Å². The largest absolute Gasteiger partial charge is 0.469 e. The van der Waals surface area contributed by atoms with E-state index in [1.54, 1.807) is 0 Å². The molecule has 2 fully saturated rings. The Morgan fingerprint density at radius 3 is 2.75 bits per heavy atom. The van der Waals surface area contributed by atoms with Crippen molar-refractivity contribution >= 4 is 5.97 Å². The van der Waals surface area contributed by atoms with Crippen LogP contribution in [0.4, 0.5) is 0 Å². The summed E-state index contributed by atoms with van der Waals surface area (Å²) in [6.07, 6.45) is 7.99. The van der Waals surface area contributed by atoms with Crippen molar-refractivity contribution in [3.63, 3.8) is 0 Å². The molecule has 3 rings (SSSR count). The second-order valence-corrected chi connectivity index (χ2v) is 8.74. The molecule has 24 heavy (non-hydrogen) atoms. The van der Waals surface area contributed by atoms with Crippen molar-refractivity contribution in [1.29, 1.82) is 0 Å². The lowest BCUT2D eigenvalue weighted by Gasteiger charge is -2.58. The van der Waals surface area contributed by atoms with Crippen molar-refractivity contribution in [3.8, 4) is 0 Å². The summed E-state index contributed by atoms with van der Waals surface area (Å²) in [5.41, 5.74) is 2.11. The van der Waals surface area contributed by atoms with Crippen LogP contribution < -0.4 is 0 Å². The number of hydrogen-bond donors (Lipinski definition) is 0. The maximum Gasteiger partial charge on any atom is 0.308 e. The van der Waals surface area contributed by atoms with Crippen LogP contribution in [0.15, 0.2) is 23.8 Å². The molecule has 3 nitrogen and oxygen atoms in total. The fourth-order valence-corrected chi connectivity index (χ4v) is 5.58. The van der Waals surface area contributed by atoms with Crippen LogP contribution >= 0.6 is 0 Å². The van der Waals surface area contributed by atoms with E-state index in [1.807, 2.05) is 0 Å². The van der Waals surface area contributed by atoms with E-state index in [-0.39, 0.29) is 17.0 Å². The number of carbonyl (C=O) groups is 1. The second kappa shape index (κ2) is 5.72. The number of hydrogen-bond acceptors (Lipinski definition) is 3. The summed E-state index contributed by atoms with van der Waals surface area (Å²) in [5.74, 6) is 0.885. The molecular weight excluding hydrogens is 300 g/mol. The average molecular weight is 332 g/mol. The highest BCUT2D eigenvalue weighted by Gasteiger charge is 2.63. The van der Waals surface area contributed by atoms with Gasteiger partial charge in [0.05, 0.1) is 24.7 Å². The van der Waals surface area contributed by atoms with Crippen LogP contribution in [0.3, 0.4) is 0 Å². The SMILES string of the molecule is C=C1[C@H](C)CC[C@@]2(C)[C@H]1CC=C(C)[C@]21CC[C@@](C)(CC(=O)OC)O1. The summed E-state index contributed by atoms with van der Waals surface area (Å²) in [7, 11) is 1.45.